The Hall–Kier alpha value is -2.67. The topological polar surface area (TPSA) is 84.4 Å². The zero-order chi connectivity index (χ0) is 21.2. The Morgan fingerprint density at radius 3 is 2.74 bits per heavy atom. The number of carbonyl (C=O) groups excluding carboxylic acids is 1. The van der Waals surface area contributed by atoms with Gasteiger partial charge in [0.2, 0.25) is 0 Å². The summed E-state index contributed by atoms with van der Waals surface area (Å²) in [5.74, 6) is 1.36. The fraction of sp³-hybridized carbons (Fsp3) is 0.542. The molecule has 3 aromatic heterocycles. The molecule has 4 heterocycles. The lowest BCUT2D eigenvalue weighted by molar-refractivity contribution is 0.0903. The predicted octanol–water partition coefficient (Wildman–Crippen LogP) is 4.57. The number of furan rings is 1. The molecule has 0 atom stereocenters. The van der Waals surface area contributed by atoms with E-state index in [2.05, 4.69) is 20.4 Å². The Labute approximate surface area is 182 Å². The number of pyridine rings is 1. The molecule has 0 radical (unpaired) electrons. The van der Waals surface area contributed by atoms with Crippen molar-refractivity contribution in [3.05, 3.63) is 35.7 Å². The second-order valence-corrected chi connectivity index (χ2v) is 9.03. The number of hydrogen-bond donors (Lipinski definition) is 1. The molecule has 0 bridgehead atoms. The van der Waals surface area contributed by atoms with E-state index in [-0.39, 0.29) is 11.9 Å². The maximum Gasteiger partial charge on any atom is 0.259 e. The van der Waals surface area contributed by atoms with Gasteiger partial charge in [0.1, 0.15) is 5.69 Å². The van der Waals surface area contributed by atoms with Crippen LogP contribution in [0.5, 0.6) is 0 Å². The third-order valence-corrected chi connectivity index (χ3v) is 6.80. The highest BCUT2D eigenvalue weighted by molar-refractivity contribution is 6.07. The van der Waals surface area contributed by atoms with Gasteiger partial charge in [-0.05, 0) is 56.7 Å². The SMILES string of the molecule is Cc1noc2nc(-c3ccco3)cc(C(=O)NC3CCN(CC4CCCCC4)CC3)c12. The van der Waals surface area contributed by atoms with Crippen molar-refractivity contribution in [2.45, 2.75) is 57.9 Å². The number of carbonyl (C=O) groups is 1. The number of amides is 1. The number of hydrogen-bond acceptors (Lipinski definition) is 6. The summed E-state index contributed by atoms with van der Waals surface area (Å²) >= 11 is 0. The van der Waals surface area contributed by atoms with Gasteiger partial charge >= 0.3 is 0 Å². The number of likely N-dealkylation sites (tertiary alicyclic amines) is 1. The van der Waals surface area contributed by atoms with E-state index >= 15 is 0 Å². The molecule has 0 unspecified atom stereocenters. The Bertz CT molecular complexity index is 1030. The maximum atomic E-state index is 13.2. The highest BCUT2D eigenvalue weighted by Crippen LogP contribution is 2.28. The van der Waals surface area contributed by atoms with Gasteiger partial charge in [0.25, 0.3) is 11.6 Å². The van der Waals surface area contributed by atoms with E-state index < -0.39 is 0 Å². The van der Waals surface area contributed by atoms with Crippen LogP contribution in [0.2, 0.25) is 0 Å². The fourth-order valence-corrected chi connectivity index (χ4v) is 5.08. The van der Waals surface area contributed by atoms with E-state index in [0.717, 1.165) is 31.8 Å². The molecule has 0 aromatic carbocycles. The summed E-state index contributed by atoms with van der Waals surface area (Å²) in [4.78, 5) is 20.3. The van der Waals surface area contributed by atoms with Gasteiger partial charge in [0, 0.05) is 25.7 Å². The molecule has 31 heavy (non-hydrogen) atoms. The Kier molecular flexibility index (Phi) is 5.76. The van der Waals surface area contributed by atoms with Crippen LogP contribution in [0.15, 0.2) is 33.4 Å². The highest BCUT2D eigenvalue weighted by Gasteiger charge is 2.26. The van der Waals surface area contributed by atoms with Gasteiger partial charge < -0.3 is 19.2 Å². The van der Waals surface area contributed by atoms with E-state index in [1.54, 1.807) is 18.4 Å². The molecule has 1 saturated carbocycles. The molecular weight excluding hydrogens is 392 g/mol. The first-order chi connectivity index (χ1) is 15.2. The van der Waals surface area contributed by atoms with Gasteiger partial charge in [0.05, 0.1) is 22.9 Å². The van der Waals surface area contributed by atoms with Crippen molar-refractivity contribution in [1.82, 2.24) is 20.4 Å². The summed E-state index contributed by atoms with van der Waals surface area (Å²) in [5.41, 5.74) is 2.14. The lowest BCUT2D eigenvalue weighted by Gasteiger charge is -2.35. The number of fused-ring (bicyclic) bond motifs is 1. The molecular formula is C24H30N4O3. The van der Waals surface area contributed by atoms with E-state index in [1.165, 1.54) is 38.6 Å². The van der Waals surface area contributed by atoms with E-state index in [1.807, 2.05) is 13.0 Å². The lowest BCUT2D eigenvalue weighted by Crippen LogP contribution is -2.46. The van der Waals surface area contributed by atoms with Gasteiger partial charge in [-0.25, -0.2) is 4.98 Å². The molecule has 0 spiro atoms. The van der Waals surface area contributed by atoms with Crippen LogP contribution in [-0.2, 0) is 0 Å². The minimum atomic E-state index is -0.0998. The van der Waals surface area contributed by atoms with Crippen LogP contribution in [0.4, 0.5) is 0 Å². The van der Waals surface area contributed by atoms with Gasteiger partial charge in [-0.1, -0.05) is 24.4 Å². The van der Waals surface area contributed by atoms with Crippen molar-refractivity contribution in [1.29, 1.82) is 0 Å². The predicted molar refractivity (Wildman–Crippen MR) is 118 cm³/mol. The quantitative estimate of drug-likeness (QED) is 0.649. The van der Waals surface area contributed by atoms with Crippen LogP contribution in [0.25, 0.3) is 22.6 Å². The number of nitrogens with one attached hydrogen (secondary N) is 1. The first-order valence-corrected chi connectivity index (χ1v) is 11.5. The van der Waals surface area contributed by atoms with Crippen LogP contribution < -0.4 is 5.32 Å². The third kappa shape index (κ3) is 4.37. The summed E-state index contributed by atoms with van der Waals surface area (Å²) in [7, 11) is 0. The molecule has 7 nitrogen and oxygen atoms in total. The second-order valence-electron chi connectivity index (χ2n) is 9.03. The summed E-state index contributed by atoms with van der Waals surface area (Å²) < 4.78 is 10.8. The standard InChI is InChI=1S/C24H30N4O3/c1-16-22-19(14-20(21-8-5-13-30-21)26-24(22)31-27-16)23(29)25-18-9-11-28(12-10-18)15-17-6-3-2-4-7-17/h5,8,13-14,17-18H,2-4,6-7,9-12,15H2,1H3,(H,25,29). The minimum Gasteiger partial charge on any atom is -0.463 e. The molecule has 7 heteroatoms. The van der Waals surface area contributed by atoms with Gasteiger partial charge in [-0.2, -0.15) is 0 Å². The van der Waals surface area contributed by atoms with Crippen LogP contribution >= 0.6 is 0 Å². The van der Waals surface area contributed by atoms with Crippen LogP contribution in [0.1, 0.15) is 61.0 Å². The zero-order valence-electron chi connectivity index (χ0n) is 18.1. The average Bonchev–Trinajstić information content (AvgIpc) is 3.46. The third-order valence-electron chi connectivity index (χ3n) is 6.80. The summed E-state index contributed by atoms with van der Waals surface area (Å²) in [6.45, 7) is 5.16. The maximum absolute atomic E-state index is 13.2. The summed E-state index contributed by atoms with van der Waals surface area (Å²) in [5, 5.41) is 7.94. The zero-order valence-corrected chi connectivity index (χ0v) is 18.1. The van der Waals surface area contributed by atoms with Crippen molar-refractivity contribution >= 4 is 17.0 Å². The van der Waals surface area contributed by atoms with Crippen molar-refractivity contribution in [3.63, 3.8) is 0 Å². The van der Waals surface area contributed by atoms with Crippen LogP contribution in [0, 0.1) is 12.8 Å². The molecule has 164 valence electrons. The van der Waals surface area contributed by atoms with Crippen molar-refractivity contribution < 1.29 is 13.7 Å². The molecule has 2 aliphatic rings. The average molecular weight is 423 g/mol. The van der Waals surface area contributed by atoms with E-state index in [0.29, 0.717) is 33.8 Å². The molecule has 1 N–H and O–H groups in total. The monoisotopic (exact) mass is 422 g/mol. The smallest absolute Gasteiger partial charge is 0.259 e. The Morgan fingerprint density at radius 1 is 1.19 bits per heavy atom. The first kappa shape index (κ1) is 20.2. The molecule has 5 rings (SSSR count). The number of nitrogens with zero attached hydrogens (tertiary/aromatic N) is 3. The van der Waals surface area contributed by atoms with Crippen LogP contribution in [0.3, 0.4) is 0 Å². The molecule has 1 saturated heterocycles. The first-order valence-electron chi connectivity index (χ1n) is 11.5. The van der Waals surface area contributed by atoms with Gasteiger partial charge in [0.15, 0.2) is 5.76 Å². The number of aryl methyl sites for hydroxylation is 1. The Balaban J connectivity index is 1.27. The molecule has 1 aliphatic heterocycles. The summed E-state index contributed by atoms with van der Waals surface area (Å²) in [6, 6.07) is 5.58. The van der Waals surface area contributed by atoms with Gasteiger partial charge in [-0.15, -0.1) is 0 Å². The molecule has 1 amide bonds. The minimum absolute atomic E-state index is 0.0998. The number of aromatic nitrogens is 2. The second kappa shape index (κ2) is 8.83. The van der Waals surface area contributed by atoms with Crippen molar-refractivity contribution in [3.8, 4) is 11.5 Å². The van der Waals surface area contributed by atoms with Crippen molar-refractivity contribution in [2.24, 2.45) is 5.92 Å². The normalized spacial score (nSPS) is 19.1. The Morgan fingerprint density at radius 2 is 2.00 bits per heavy atom. The van der Waals surface area contributed by atoms with Crippen LogP contribution in [-0.4, -0.2) is 46.6 Å². The molecule has 2 fully saturated rings. The number of rotatable bonds is 5. The number of piperidine rings is 1. The van der Waals surface area contributed by atoms with Crippen molar-refractivity contribution in [2.75, 3.05) is 19.6 Å². The summed E-state index contributed by atoms with van der Waals surface area (Å²) in [6.07, 6.45) is 10.5. The fourth-order valence-electron chi connectivity index (χ4n) is 5.08. The molecule has 3 aromatic rings. The molecule has 1 aliphatic carbocycles. The van der Waals surface area contributed by atoms with E-state index in [4.69, 9.17) is 8.94 Å². The van der Waals surface area contributed by atoms with E-state index in [9.17, 15) is 4.79 Å². The highest BCUT2D eigenvalue weighted by atomic mass is 16.5. The van der Waals surface area contributed by atoms with Gasteiger partial charge in [-0.3, -0.25) is 4.79 Å². The lowest BCUT2D eigenvalue weighted by atomic mass is 9.88. The largest absolute Gasteiger partial charge is 0.463 e.